The highest BCUT2D eigenvalue weighted by molar-refractivity contribution is 7.13. The molecule has 118 valence electrons. The van der Waals surface area contributed by atoms with Crippen LogP contribution in [0, 0.1) is 0 Å². The van der Waals surface area contributed by atoms with E-state index in [0.717, 1.165) is 21.5 Å². The molecule has 0 aliphatic heterocycles. The molecule has 0 N–H and O–H groups in total. The molecule has 4 aromatic rings. The summed E-state index contributed by atoms with van der Waals surface area (Å²) in [4.78, 5) is 16.4. The van der Waals surface area contributed by atoms with Gasteiger partial charge in [-0.15, -0.1) is 0 Å². The third-order valence-corrected chi connectivity index (χ3v) is 4.67. The van der Waals surface area contributed by atoms with Crippen LogP contribution in [0.1, 0.15) is 5.69 Å². The summed E-state index contributed by atoms with van der Waals surface area (Å²) in [7, 11) is 0. The van der Waals surface area contributed by atoms with Crippen molar-refractivity contribution in [3.05, 3.63) is 76.8 Å². The molecule has 6 heteroatoms. The third kappa shape index (κ3) is 2.83. The Bertz CT molecular complexity index is 1040. The van der Waals surface area contributed by atoms with Gasteiger partial charge in [-0.3, -0.25) is 9.78 Å². The van der Waals surface area contributed by atoms with Crippen molar-refractivity contribution in [3.8, 4) is 11.4 Å². The van der Waals surface area contributed by atoms with Crippen molar-refractivity contribution in [1.82, 2.24) is 19.1 Å². The van der Waals surface area contributed by atoms with E-state index in [-0.39, 0.29) is 5.56 Å². The molecule has 0 saturated heterocycles. The van der Waals surface area contributed by atoms with E-state index in [4.69, 9.17) is 0 Å². The number of benzene rings is 1. The maximum absolute atomic E-state index is 12.1. The number of aromatic nitrogens is 4. The van der Waals surface area contributed by atoms with E-state index < -0.39 is 0 Å². The van der Waals surface area contributed by atoms with Crippen LogP contribution in [0.2, 0.25) is 0 Å². The van der Waals surface area contributed by atoms with Gasteiger partial charge in [0, 0.05) is 24.1 Å². The molecule has 3 aromatic heterocycles. The van der Waals surface area contributed by atoms with Gasteiger partial charge in [-0.05, 0) is 35.8 Å². The fraction of sp³-hybridized carbons (Fsp3) is 0.111. The second-order valence-electron chi connectivity index (χ2n) is 5.37. The number of aryl methyl sites for hydroxylation is 2. The summed E-state index contributed by atoms with van der Waals surface area (Å²) in [6.45, 7) is 0.493. The summed E-state index contributed by atoms with van der Waals surface area (Å²) < 4.78 is 7.15. The van der Waals surface area contributed by atoms with E-state index in [9.17, 15) is 4.79 Å². The quantitative estimate of drug-likeness (QED) is 0.575. The Labute approximate surface area is 142 Å². The Morgan fingerprint density at radius 3 is 2.71 bits per heavy atom. The Balaban J connectivity index is 1.61. The molecule has 0 bridgehead atoms. The second kappa shape index (κ2) is 6.33. The summed E-state index contributed by atoms with van der Waals surface area (Å²) >= 11 is 1.49. The van der Waals surface area contributed by atoms with Gasteiger partial charge in [0.05, 0.1) is 22.6 Å². The minimum absolute atomic E-state index is 0.116. The van der Waals surface area contributed by atoms with Gasteiger partial charge in [0.2, 0.25) is 0 Å². The number of rotatable bonds is 4. The van der Waals surface area contributed by atoms with Gasteiger partial charge in [0.15, 0.2) is 0 Å². The third-order valence-electron chi connectivity index (χ3n) is 3.81. The van der Waals surface area contributed by atoms with Crippen molar-refractivity contribution in [3.63, 3.8) is 0 Å². The van der Waals surface area contributed by atoms with E-state index in [2.05, 4.69) is 26.6 Å². The zero-order valence-corrected chi connectivity index (χ0v) is 13.6. The lowest BCUT2D eigenvalue weighted by atomic mass is 10.2. The normalized spacial score (nSPS) is 11.0. The number of nitrogens with zero attached hydrogens (tertiary/aromatic N) is 4. The minimum atomic E-state index is -0.116. The Hall–Kier alpha value is -2.86. The Morgan fingerprint density at radius 1 is 0.958 bits per heavy atom. The molecule has 0 amide bonds. The van der Waals surface area contributed by atoms with Gasteiger partial charge in [-0.1, -0.05) is 24.3 Å². The predicted molar refractivity (Wildman–Crippen MR) is 95.1 cm³/mol. The molecule has 0 radical (unpaired) electrons. The largest absolute Gasteiger partial charge is 0.268 e. The first-order chi connectivity index (χ1) is 11.8. The highest BCUT2D eigenvalue weighted by atomic mass is 32.1. The number of pyridine rings is 1. The lowest BCUT2D eigenvalue weighted by molar-refractivity contribution is 0.578. The van der Waals surface area contributed by atoms with Crippen LogP contribution in [0.25, 0.3) is 21.5 Å². The molecule has 0 unspecified atom stereocenters. The van der Waals surface area contributed by atoms with Crippen molar-refractivity contribution in [2.45, 2.75) is 13.0 Å². The molecule has 0 atom stereocenters. The fourth-order valence-corrected chi connectivity index (χ4v) is 3.41. The van der Waals surface area contributed by atoms with Gasteiger partial charge in [-0.25, -0.2) is 4.68 Å². The molecular formula is C18H14N4OS. The Morgan fingerprint density at radius 2 is 1.83 bits per heavy atom. The lowest BCUT2D eigenvalue weighted by Crippen LogP contribution is -2.23. The maximum Gasteiger partial charge on any atom is 0.266 e. The predicted octanol–water partition coefficient (Wildman–Crippen LogP) is 3.16. The second-order valence-corrected chi connectivity index (χ2v) is 6.18. The van der Waals surface area contributed by atoms with Crippen LogP contribution in [0.3, 0.4) is 0 Å². The average Bonchev–Trinajstić information content (AvgIpc) is 3.05. The lowest BCUT2D eigenvalue weighted by Gasteiger charge is -2.06. The molecule has 5 nitrogen and oxygen atoms in total. The van der Waals surface area contributed by atoms with Crippen LogP contribution >= 0.6 is 11.5 Å². The molecule has 0 aliphatic carbocycles. The van der Waals surface area contributed by atoms with E-state index in [1.165, 1.54) is 22.3 Å². The smallest absolute Gasteiger partial charge is 0.266 e. The molecule has 0 aliphatic rings. The van der Waals surface area contributed by atoms with Crippen LogP contribution in [-0.2, 0) is 13.0 Å². The number of hydrogen-bond donors (Lipinski definition) is 0. The summed E-state index contributed by atoms with van der Waals surface area (Å²) in [5.41, 5.74) is 2.34. The molecular weight excluding hydrogens is 320 g/mol. The monoisotopic (exact) mass is 334 g/mol. The number of hydrogen-bond acceptors (Lipinski definition) is 5. The van der Waals surface area contributed by atoms with E-state index >= 15 is 0 Å². The van der Waals surface area contributed by atoms with Crippen LogP contribution in [0.15, 0.2) is 65.6 Å². The maximum atomic E-state index is 12.1. The van der Waals surface area contributed by atoms with Crippen molar-refractivity contribution in [2.75, 3.05) is 0 Å². The average molecular weight is 334 g/mol. The van der Waals surface area contributed by atoms with Crippen molar-refractivity contribution in [1.29, 1.82) is 0 Å². The standard InChI is InChI=1S/C18H14N4OS/c23-18-9-8-16(15-6-3-4-11-19-15)20-22(18)12-10-14-13-5-1-2-7-17(13)24-21-14/h1-9,11H,10,12H2. The van der Waals surface area contributed by atoms with E-state index in [1.807, 2.05) is 30.3 Å². The molecule has 0 fully saturated rings. The SMILES string of the molecule is O=c1ccc(-c2ccccn2)nn1CCc1nsc2ccccc12. The molecule has 1 aromatic carbocycles. The summed E-state index contributed by atoms with van der Waals surface area (Å²) in [6, 6.07) is 17.0. The van der Waals surface area contributed by atoms with Crippen LogP contribution in [0.5, 0.6) is 0 Å². The van der Waals surface area contributed by atoms with E-state index in [1.54, 1.807) is 12.3 Å². The molecule has 4 rings (SSSR count). The zero-order valence-electron chi connectivity index (χ0n) is 12.8. The van der Waals surface area contributed by atoms with Gasteiger partial charge in [0.1, 0.15) is 5.69 Å². The molecule has 24 heavy (non-hydrogen) atoms. The summed E-state index contributed by atoms with van der Waals surface area (Å²) in [6.07, 6.45) is 2.39. The number of fused-ring (bicyclic) bond motifs is 1. The first-order valence-electron chi connectivity index (χ1n) is 7.64. The van der Waals surface area contributed by atoms with Gasteiger partial charge in [-0.2, -0.15) is 9.47 Å². The molecule has 3 heterocycles. The van der Waals surface area contributed by atoms with Crippen molar-refractivity contribution in [2.24, 2.45) is 0 Å². The van der Waals surface area contributed by atoms with E-state index in [0.29, 0.717) is 18.7 Å². The first-order valence-corrected chi connectivity index (χ1v) is 8.41. The van der Waals surface area contributed by atoms with Crippen LogP contribution in [0.4, 0.5) is 0 Å². The zero-order chi connectivity index (χ0) is 16.4. The highest BCUT2D eigenvalue weighted by Crippen LogP contribution is 2.22. The molecule has 0 saturated carbocycles. The highest BCUT2D eigenvalue weighted by Gasteiger charge is 2.08. The van der Waals surface area contributed by atoms with Crippen molar-refractivity contribution < 1.29 is 0 Å². The van der Waals surface area contributed by atoms with Gasteiger partial charge < -0.3 is 0 Å². The van der Waals surface area contributed by atoms with Gasteiger partial charge >= 0.3 is 0 Å². The Kier molecular flexibility index (Phi) is 3.88. The topological polar surface area (TPSA) is 60.7 Å². The van der Waals surface area contributed by atoms with Gasteiger partial charge in [0.25, 0.3) is 5.56 Å². The first kappa shape index (κ1) is 14.7. The summed E-state index contributed by atoms with van der Waals surface area (Å²) in [5, 5.41) is 5.59. The van der Waals surface area contributed by atoms with Crippen LogP contribution < -0.4 is 5.56 Å². The molecule has 0 spiro atoms. The minimum Gasteiger partial charge on any atom is -0.268 e. The fourth-order valence-electron chi connectivity index (χ4n) is 2.59. The van der Waals surface area contributed by atoms with Crippen LogP contribution in [-0.4, -0.2) is 19.1 Å². The van der Waals surface area contributed by atoms with Crippen molar-refractivity contribution >= 4 is 21.6 Å². The summed E-state index contributed by atoms with van der Waals surface area (Å²) in [5.74, 6) is 0.